The van der Waals surface area contributed by atoms with Crippen LogP contribution in [0.2, 0.25) is 0 Å². The van der Waals surface area contributed by atoms with E-state index in [1.165, 1.54) is 11.1 Å². The molecule has 1 aliphatic heterocycles. The van der Waals surface area contributed by atoms with Crippen LogP contribution in [0, 0.1) is 6.92 Å². The molecular weight excluding hydrogens is 501 g/mol. The second kappa shape index (κ2) is 12.7. The lowest BCUT2D eigenvalue weighted by atomic mass is 10.0. The number of aryl methyl sites for hydroxylation is 1. The summed E-state index contributed by atoms with van der Waals surface area (Å²) in [6.07, 6.45) is 4.07. The van der Waals surface area contributed by atoms with Crippen LogP contribution < -0.4 is 20.3 Å². The van der Waals surface area contributed by atoms with E-state index in [1.807, 2.05) is 25.4 Å². The van der Waals surface area contributed by atoms with Gasteiger partial charge in [-0.15, -0.1) is 24.0 Å². The summed E-state index contributed by atoms with van der Waals surface area (Å²) < 4.78 is 6.00. The SMILES string of the molecule is CN=C(NCCOc1ccccc1C(C)C)NC1CCN(c2ccc(C)cn2)CC1.I. The highest BCUT2D eigenvalue weighted by Gasteiger charge is 2.20. The summed E-state index contributed by atoms with van der Waals surface area (Å²) in [6, 6.07) is 12.9. The summed E-state index contributed by atoms with van der Waals surface area (Å²) in [6.45, 7) is 9.75. The zero-order valence-corrected chi connectivity index (χ0v) is 21.4. The van der Waals surface area contributed by atoms with E-state index in [0.29, 0.717) is 25.1 Å². The Morgan fingerprint density at radius 3 is 2.58 bits per heavy atom. The van der Waals surface area contributed by atoms with Gasteiger partial charge in [0.05, 0.1) is 6.54 Å². The van der Waals surface area contributed by atoms with Crippen molar-refractivity contribution in [1.29, 1.82) is 0 Å². The Bertz CT molecular complexity index is 817. The normalized spacial score (nSPS) is 14.9. The van der Waals surface area contributed by atoms with Crippen molar-refractivity contribution in [2.75, 3.05) is 38.2 Å². The summed E-state index contributed by atoms with van der Waals surface area (Å²) in [7, 11) is 1.82. The number of piperidine rings is 1. The van der Waals surface area contributed by atoms with E-state index >= 15 is 0 Å². The minimum Gasteiger partial charge on any atom is -0.491 e. The van der Waals surface area contributed by atoms with Crippen LogP contribution in [0.1, 0.15) is 43.7 Å². The van der Waals surface area contributed by atoms with E-state index in [2.05, 4.69) is 70.5 Å². The van der Waals surface area contributed by atoms with Gasteiger partial charge in [-0.3, -0.25) is 4.99 Å². The lowest BCUT2D eigenvalue weighted by Crippen LogP contribution is -2.49. The number of benzene rings is 1. The summed E-state index contributed by atoms with van der Waals surface area (Å²) in [5.74, 6) is 3.32. The first kappa shape index (κ1) is 25.2. The van der Waals surface area contributed by atoms with Crippen molar-refractivity contribution < 1.29 is 4.74 Å². The van der Waals surface area contributed by atoms with Gasteiger partial charge in [0, 0.05) is 32.4 Å². The topological polar surface area (TPSA) is 61.8 Å². The van der Waals surface area contributed by atoms with Gasteiger partial charge in [-0.2, -0.15) is 0 Å². The summed E-state index contributed by atoms with van der Waals surface area (Å²) in [4.78, 5) is 11.3. The molecule has 1 aliphatic rings. The van der Waals surface area contributed by atoms with E-state index in [9.17, 15) is 0 Å². The fraction of sp³-hybridized carbons (Fsp3) is 0.500. The van der Waals surface area contributed by atoms with Gasteiger partial charge in [-0.25, -0.2) is 4.98 Å². The Kier molecular flexibility index (Phi) is 10.4. The highest BCUT2D eigenvalue weighted by Crippen LogP contribution is 2.25. The van der Waals surface area contributed by atoms with Crippen LogP contribution >= 0.6 is 24.0 Å². The number of pyridine rings is 1. The number of hydrogen-bond donors (Lipinski definition) is 2. The number of nitrogens with one attached hydrogen (secondary N) is 2. The minimum atomic E-state index is 0. The average molecular weight is 537 g/mol. The predicted molar refractivity (Wildman–Crippen MR) is 140 cm³/mol. The number of rotatable bonds is 7. The van der Waals surface area contributed by atoms with Crippen LogP contribution in [0.5, 0.6) is 5.75 Å². The third-order valence-electron chi connectivity index (χ3n) is 5.47. The van der Waals surface area contributed by atoms with Gasteiger partial charge in [0.15, 0.2) is 5.96 Å². The molecule has 0 atom stereocenters. The van der Waals surface area contributed by atoms with Crippen molar-refractivity contribution in [3.05, 3.63) is 53.7 Å². The third-order valence-corrected chi connectivity index (χ3v) is 5.47. The van der Waals surface area contributed by atoms with Crippen LogP contribution in [-0.2, 0) is 0 Å². The molecule has 2 aromatic rings. The van der Waals surface area contributed by atoms with Crippen molar-refractivity contribution in [3.8, 4) is 5.75 Å². The molecule has 1 fully saturated rings. The zero-order valence-electron chi connectivity index (χ0n) is 19.1. The zero-order chi connectivity index (χ0) is 21.3. The van der Waals surface area contributed by atoms with E-state index in [1.54, 1.807) is 0 Å². The molecule has 6 nitrogen and oxygen atoms in total. The molecule has 0 bridgehead atoms. The van der Waals surface area contributed by atoms with Crippen LogP contribution in [0.4, 0.5) is 5.82 Å². The largest absolute Gasteiger partial charge is 0.491 e. The molecule has 2 N–H and O–H groups in total. The van der Waals surface area contributed by atoms with Crippen molar-refractivity contribution in [2.45, 2.75) is 45.6 Å². The molecule has 3 rings (SSSR count). The van der Waals surface area contributed by atoms with Crippen LogP contribution in [0.15, 0.2) is 47.6 Å². The molecule has 0 aliphatic carbocycles. The van der Waals surface area contributed by atoms with E-state index in [4.69, 9.17) is 4.74 Å². The van der Waals surface area contributed by atoms with Crippen molar-refractivity contribution in [2.24, 2.45) is 4.99 Å². The lowest BCUT2D eigenvalue weighted by molar-refractivity contribution is 0.317. The van der Waals surface area contributed by atoms with E-state index < -0.39 is 0 Å². The molecular formula is C24H36IN5O. The van der Waals surface area contributed by atoms with Crippen molar-refractivity contribution in [1.82, 2.24) is 15.6 Å². The number of guanidine groups is 1. The fourth-order valence-corrected chi connectivity index (χ4v) is 3.71. The van der Waals surface area contributed by atoms with Crippen LogP contribution in [0.3, 0.4) is 0 Å². The first-order chi connectivity index (χ1) is 14.6. The molecule has 1 saturated heterocycles. The number of hydrogen-bond acceptors (Lipinski definition) is 4. The summed E-state index contributed by atoms with van der Waals surface area (Å²) >= 11 is 0. The number of anilines is 1. The van der Waals surface area contributed by atoms with Gasteiger partial charge < -0.3 is 20.3 Å². The maximum Gasteiger partial charge on any atom is 0.191 e. The second-order valence-corrected chi connectivity index (χ2v) is 8.14. The maximum atomic E-state index is 6.00. The molecule has 31 heavy (non-hydrogen) atoms. The summed E-state index contributed by atoms with van der Waals surface area (Å²) in [5, 5.41) is 6.92. The number of aromatic nitrogens is 1. The molecule has 0 saturated carbocycles. The lowest BCUT2D eigenvalue weighted by Gasteiger charge is -2.33. The number of para-hydroxylation sites is 1. The quantitative estimate of drug-likeness (QED) is 0.238. The Morgan fingerprint density at radius 1 is 1.19 bits per heavy atom. The van der Waals surface area contributed by atoms with Gasteiger partial charge in [0.1, 0.15) is 18.2 Å². The molecule has 0 spiro atoms. The first-order valence-corrected chi connectivity index (χ1v) is 10.9. The monoisotopic (exact) mass is 537 g/mol. The smallest absolute Gasteiger partial charge is 0.191 e. The average Bonchev–Trinajstić information content (AvgIpc) is 2.77. The highest BCUT2D eigenvalue weighted by atomic mass is 127. The van der Waals surface area contributed by atoms with Gasteiger partial charge in [0.2, 0.25) is 0 Å². The molecule has 0 unspecified atom stereocenters. The second-order valence-electron chi connectivity index (χ2n) is 8.14. The van der Waals surface area contributed by atoms with Crippen molar-refractivity contribution in [3.63, 3.8) is 0 Å². The van der Waals surface area contributed by atoms with Gasteiger partial charge in [-0.05, 0) is 48.9 Å². The molecule has 170 valence electrons. The molecule has 7 heteroatoms. The maximum absolute atomic E-state index is 6.00. The van der Waals surface area contributed by atoms with E-state index in [-0.39, 0.29) is 24.0 Å². The Labute approximate surface area is 203 Å². The first-order valence-electron chi connectivity index (χ1n) is 10.9. The van der Waals surface area contributed by atoms with Gasteiger partial charge in [-0.1, -0.05) is 38.1 Å². The Morgan fingerprint density at radius 2 is 1.94 bits per heavy atom. The van der Waals surface area contributed by atoms with Crippen molar-refractivity contribution >= 4 is 35.8 Å². The molecule has 0 amide bonds. The number of nitrogens with zero attached hydrogens (tertiary/aromatic N) is 3. The standard InChI is InChI=1S/C24H35N5O.HI/c1-18(2)21-7-5-6-8-22(21)30-16-13-26-24(25-4)28-20-11-14-29(15-12-20)23-10-9-19(3)17-27-23;/h5-10,17-18,20H,11-16H2,1-4H3,(H2,25,26,28);1H. The number of halogens is 1. The molecule has 0 radical (unpaired) electrons. The van der Waals surface area contributed by atoms with Gasteiger partial charge in [0.25, 0.3) is 0 Å². The third kappa shape index (κ3) is 7.55. The fourth-order valence-electron chi connectivity index (χ4n) is 3.71. The predicted octanol–water partition coefficient (Wildman–Crippen LogP) is 4.34. The molecule has 1 aromatic heterocycles. The highest BCUT2D eigenvalue weighted by molar-refractivity contribution is 14.0. The molecule has 2 heterocycles. The molecule has 1 aromatic carbocycles. The number of aliphatic imine (C=N–C) groups is 1. The Balaban J connectivity index is 0.00000341. The van der Waals surface area contributed by atoms with E-state index in [0.717, 1.165) is 43.5 Å². The van der Waals surface area contributed by atoms with Gasteiger partial charge >= 0.3 is 0 Å². The van der Waals surface area contributed by atoms with Crippen LogP contribution in [0.25, 0.3) is 0 Å². The van der Waals surface area contributed by atoms with Crippen LogP contribution in [-0.4, -0.2) is 50.3 Å². The Hall–Kier alpha value is -2.03. The summed E-state index contributed by atoms with van der Waals surface area (Å²) in [5.41, 5.74) is 2.44. The number of ether oxygens (including phenoxy) is 1. The minimum absolute atomic E-state index is 0.